The number of methoxy groups -OCH3 is 1. The van der Waals surface area contributed by atoms with Gasteiger partial charge in [0.25, 0.3) is 5.82 Å². The number of aromatic amines is 1. The third-order valence-corrected chi connectivity index (χ3v) is 3.83. The molecule has 1 heterocycles. The number of pyridine rings is 1. The summed E-state index contributed by atoms with van der Waals surface area (Å²) in [6.45, 7) is 1.54. The van der Waals surface area contributed by atoms with Crippen LogP contribution in [0, 0.1) is 6.92 Å². The lowest BCUT2D eigenvalue weighted by Crippen LogP contribution is -2.70. The lowest BCUT2D eigenvalue weighted by Gasteiger charge is -2.30. The molecule has 0 aliphatic heterocycles. The van der Waals surface area contributed by atoms with E-state index in [1.165, 1.54) is 6.20 Å². The molecular formula is C18H19F3N3O3+. The number of rotatable bonds is 6. The van der Waals surface area contributed by atoms with Crippen LogP contribution in [0.1, 0.15) is 11.1 Å². The molecule has 0 aliphatic rings. The SMILES string of the molecule is COC(=O)[C@@](NC(=O)Cc1ccccc1)(Nc1[nH+]cccc1C)C(F)(F)F. The Kier molecular flexibility index (Phi) is 6.04. The molecule has 0 saturated carbocycles. The molecule has 1 atom stereocenters. The first-order valence-electron chi connectivity index (χ1n) is 7.95. The Hall–Kier alpha value is -3.10. The van der Waals surface area contributed by atoms with Gasteiger partial charge in [-0.3, -0.25) is 10.1 Å². The molecule has 27 heavy (non-hydrogen) atoms. The molecule has 6 nitrogen and oxygen atoms in total. The summed E-state index contributed by atoms with van der Waals surface area (Å²) in [6, 6.07) is 11.3. The molecule has 3 N–H and O–H groups in total. The minimum Gasteiger partial charge on any atom is -0.464 e. The average Bonchev–Trinajstić information content (AvgIpc) is 2.62. The van der Waals surface area contributed by atoms with Gasteiger partial charge in [0.1, 0.15) is 0 Å². The standard InChI is InChI=1S/C18H18F3N3O3/c1-12-7-6-10-22-15(12)24-17(16(26)27-2,18(19,20)21)23-14(25)11-13-8-4-3-5-9-13/h3-10H,11H2,1-2H3,(H,22,24)(H,23,25)/p+1/t17-/m1/s1. The number of aryl methyl sites for hydroxylation is 1. The van der Waals surface area contributed by atoms with E-state index in [0.717, 1.165) is 7.11 Å². The van der Waals surface area contributed by atoms with E-state index in [1.54, 1.807) is 54.7 Å². The summed E-state index contributed by atoms with van der Waals surface area (Å²) < 4.78 is 46.2. The lowest BCUT2D eigenvalue weighted by atomic mass is 10.1. The van der Waals surface area contributed by atoms with Crippen molar-refractivity contribution in [3.05, 3.63) is 59.8 Å². The van der Waals surface area contributed by atoms with Crippen molar-refractivity contribution in [2.24, 2.45) is 0 Å². The highest BCUT2D eigenvalue weighted by Gasteiger charge is 2.67. The van der Waals surface area contributed by atoms with E-state index in [-0.39, 0.29) is 12.2 Å². The Labute approximate surface area is 153 Å². The van der Waals surface area contributed by atoms with Crippen LogP contribution in [0.4, 0.5) is 19.0 Å². The van der Waals surface area contributed by atoms with Gasteiger partial charge in [-0.25, -0.2) is 15.1 Å². The smallest absolute Gasteiger partial charge is 0.464 e. The van der Waals surface area contributed by atoms with Crippen LogP contribution >= 0.6 is 0 Å². The normalized spacial score (nSPS) is 13.4. The molecule has 0 fully saturated rings. The van der Waals surface area contributed by atoms with Crippen molar-refractivity contribution in [1.82, 2.24) is 5.32 Å². The highest BCUT2D eigenvalue weighted by atomic mass is 19.4. The molecule has 9 heteroatoms. The number of alkyl halides is 3. The van der Waals surface area contributed by atoms with Crippen LogP contribution in [0.5, 0.6) is 0 Å². The van der Waals surface area contributed by atoms with Crippen molar-refractivity contribution in [3.63, 3.8) is 0 Å². The van der Waals surface area contributed by atoms with Crippen molar-refractivity contribution in [2.45, 2.75) is 25.2 Å². The molecule has 2 rings (SSSR count). The highest BCUT2D eigenvalue weighted by molar-refractivity contribution is 5.91. The van der Waals surface area contributed by atoms with Crippen molar-refractivity contribution in [1.29, 1.82) is 0 Å². The fourth-order valence-corrected chi connectivity index (χ4v) is 2.42. The summed E-state index contributed by atoms with van der Waals surface area (Å²) in [5.41, 5.74) is -2.54. The fourth-order valence-electron chi connectivity index (χ4n) is 2.42. The van der Waals surface area contributed by atoms with Gasteiger partial charge in [0.05, 0.1) is 19.7 Å². The van der Waals surface area contributed by atoms with Gasteiger partial charge in [0.2, 0.25) is 5.91 Å². The predicted octanol–water partition coefficient (Wildman–Crippen LogP) is 2.01. The number of halogens is 3. The third kappa shape index (κ3) is 4.55. The molecular weight excluding hydrogens is 363 g/mol. The van der Waals surface area contributed by atoms with Gasteiger partial charge >= 0.3 is 17.8 Å². The zero-order valence-electron chi connectivity index (χ0n) is 14.7. The minimum absolute atomic E-state index is 0.0831. The van der Waals surface area contributed by atoms with Crippen LogP contribution in [-0.4, -0.2) is 30.8 Å². The van der Waals surface area contributed by atoms with Crippen LogP contribution in [0.15, 0.2) is 48.7 Å². The Morgan fingerprint density at radius 2 is 1.78 bits per heavy atom. The summed E-state index contributed by atoms with van der Waals surface area (Å²) in [4.78, 5) is 27.0. The van der Waals surface area contributed by atoms with Gasteiger partial charge in [-0.15, -0.1) is 0 Å². The van der Waals surface area contributed by atoms with Gasteiger partial charge in [0, 0.05) is 5.56 Å². The van der Waals surface area contributed by atoms with Gasteiger partial charge in [-0.05, 0) is 24.6 Å². The number of hydrogen-bond acceptors (Lipinski definition) is 4. The van der Waals surface area contributed by atoms with Crippen LogP contribution in [0.25, 0.3) is 0 Å². The number of anilines is 1. The number of carbonyl (C=O) groups is 2. The van der Waals surface area contributed by atoms with Gasteiger partial charge in [-0.2, -0.15) is 13.2 Å². The molecule has 144 valence electrons. The number of esters is 1. The molecule has 0 spiro atoms. The zero-order chi connectivity index (χ0) is 20.1. The van der Waals surface area contributed by atoms with Crippen molar-refractivity contribution in [2.75, 3.05) is 12.4 Å². The van der Waals surface area contributed by atoms with E-state index >= 15 is 0 Å². The van der Waals surface area contributed by atoms with Gasteiger partial charge in [0.15, 0.2) is 0 Å². The largest absolute Gasteiger partial charge is 0.464 e. The van der Waals surface area contributed by atoms with Crippen LogP contribution in [0.2, 0.25) is 0 Å². The second kappa shape index (κ2) is 8.07. The molecule has 2 aromatic rings. The summed E-state index contributed by atoms with van der Waals surface area (Å²) in [7, 11) is 0.815. The van der Waals surface area contributed by atoms with Crippen molar-refractivity contribution in [3.8, 4) is 0 Å². The molecule has 1 aromatic heterocycles. The Morgan fingerprint density at radius 1 is 1.11 bits per heavy atom. The van der Waals surface area contributed by atoms with Gasteiger partial charge in [-0.1, -0.05) is 30.3 Å². The first-order valence-corrected chi connectivity index (χ1v) is 7.95. The molecule has 0 aliphatic carbocycles. The van der Waals surface area contributed by atoms with Crippen molar-refractivity contribution >= 4 is 17.7 Å². The number of H-pyrrole nitrogens is 1. The number of aromatic nitrogens is 1. The van der Waals surface area contributed by atoms with E-state index in [0.29, 0.717) is 11.1 Å². The van der Waals surface area contributed by atoms with Gasteiger partial charge < -0.3 is 4.74 Å². The van der Waals surface area contributed by atoms with E-state index < -0.39 is 23.7 Å². The number of amides is 1. The second-order valence-electron chi connectivity index (χ2n) is 5.80. The highest BCUT2D eigenvalue weighted by Crippen LogP contribution is 2.32. The Balaban J connectivity index is 2.40. The summed E-state index contributed by atoms with van der Waals surface area (Å²) in [5, 5.41) is 3.86. The zero-order valence-corrected chi connectivity index (χ0v) is 14.7. The van der Waals surface area contributed by atoms with Crippen LogP contribution < -0.4 is 15.6 Å². The van der Waals surface area contributed by atoms with Crippen LogP contribution in [0.3, 0.4) is 0 Å². The fraction of sp³-hybridized carbons (Fsp3) is 0.278. The minimum atomic E-state index is -5.18. The maximum absolute atomic E-state index is 13.9. The maximum Gasteiger partial charge on any atom is 0.464 e. The Bertz CT molecular complexity index is 812. The van der Waals surface area contributed by atoms with E-state index in [2.05, 4.69) is 15.0 Å². The number of ether oxygens (including phenoxy) is 1. The summed E-state index contributed by atoms with van der Waals surface area (Å²) in [6.07, 6.45) is -4.13. The molecule has 0 bridgehead atoms. The molecule has 0 radical (unpaired) electrons. The number of hydrogen-bond donors (Lipinski definition) is 2. The first kappa shape index (κ1) is 20.2. The molecule has 1 amide bonds. The quantitative estimate of drug-likeness (QED) is 0.592. The average molecular weight is 382 g/mol. The number of nitrogens with one attached hydrogen (secondary N) is 3. The van der Waals surface area contributed by atoms with Crippen LogP contribution in [-0.2, 0) is 20.7 Å². The summed E-state index contributed by atoms with van der Waals surface area (Å²) in [5.74, 6) is -2.77. The lowest BCUT2D eigenvalue weighted by molar-refractivity contribution is -0.363. The predicted molar refractivity (Wildman–Crippen MR) is 90.4 cm³/mol. The van der Waals surface area contributed by atoms with E-state index in [9.17, 15) is 22.8 Å². The summed E-state index contributed by atoms with van der Waals surface area (Å²) >= 11 is 0. The topological polar surface area (TPSA) is 81.6 Å². The monoisotopic (exact) mass is 382 g/mol. The van der Waals surface area contributed by atoms with E-state index in [4.69, 9.17) is 0 Å². The molecule has 0 saturated heterocycles. The molecule has 0 unspecified atom stereocenters. The molecule has 1 aromatic carbocycles. The maximum atomic E-state index is 13.9. The number of benzene rings is 1. The Morgan fingerprint density at radius 3 is 2.33 bits per heavy atom. The second-order valence-corrected chi connectivity index (χ2v) is 5.80. The van der Waals surface area contributed by atoms with E-state index in [1.807, 2.05) is 0 Å². The third-order valence-electron chi connectivity index (χ3n) is 3.83. The van der Waals surface area contributed by atoms with Crippen molar-refractivity contribution < 1.29 is 32.5 Å². The first-order chi connectivity index (χ1) is 12.7. The number of carbonyl (C=O) groups excluding carboxylic acids is 2.